The van der Waals surface area contributed by atoms with E-state index in [1.165, 1.54) is 44.9 Å². The average Bonchev–Trinajstić information content (AvgIpc) is 2.79. The molecule has 4 atom stereocenters. The van der Waals surface area contributed by atoms with Crippen molar-refractivity contribution in [1.82, 2.24) is 0 Å². The third-order valence-corrected chi connectivity index (χ3v) is 7.65. The first-order valence-electron chi connectivity index (χ1n) is 13.7. The van der Waals surface area contributed by atoms with Gasteiger partial charge in [-0.1, -0.05) is 91.4 Å². The van der Waals surface area contributed by atoms with Gasteiger partial charge in [-0.15, -0.1) is 0 Å². The lowest BCUT2D eigenvalue weighted by atomic mass is 9.79. The van der Waals surface area contributed by atoms with Crippen LogP contribution in [0.3, 0.4) is 0 Å². The molecule has 0 saturated carbocycles. The lowest BCUT2D eigenvalue weighted by molar-refractivity contribution is 0.163. The van der Waals surface area contributed by atoms with Crippen LogP contribution in [-0.2, 0) is 0 Å². The van der Waals surface area contributed by atoms with Gasteiger partial charge in [0.1, 0.15) is 23.4 Å². The zero-order valence-corrected chi connectivity index (χ0v) is 22.3. The molecular formula is C32H46O3. The highest BCUT2D eigenvalue weighted by molar-refractivity contribution is 5.77. The smallest absolute Gasteiger partial charge is 0.130 e. The van der Waals surface area contributed by atoms with Gasteiger partial charge in [-0.3, -0.25) is 0 Å². The van der Waals surface area contributed by atoms with Gasteiger partial charge in [-0.05, 0) is 66.0 Å². The summed E-state index contributed by atoms with van der Waals surface area (Å²) < 4.78 is 6.45. The minimum Gasteiger partial charge on any atom is -0.508 e. The van der Waals surface area contributed by atoms with E-state index in [1.54, 1.807) is 24.3 Å². The summed E-state index contributed by atoms with van der Waals surface area (Å²) in [4.78, 5) is 0. The summed E-state index contributed by atoms with van der Waals surface area (Å²) in [5.74, 6) is 3.61. The lowest BCUT2D eigenvalue weighted by Crippen LogP contribution is -2.30. The van der Waals surface area contributed by atoms with Gasteiger partial charge in [-0.2, -0.15) is 0 Å². The summed E-state index contributed by atoms with van der Waals surface area (Å²) in [5.41, 5.74) is 3.07. The van der Waals surface area contributed by atoms with Crippen molar-refractivity contribution in [3.63, 3.8) is 0 Å². The van der Waals surface area contributed by atoms with Crippen molar-refractivity contribution in [1.29, 1.82) is 0 Å². The third-order valence-electron chi connectivity index (χ3n) is 7.65. The van der Waals surface area contributed by atoms with Gasteiger partial charge < -0.3 is 14.9 Å². The second-order valence-electron chi connectivity index (χ2n) is 11.3. The Labute approximate surface area is 213 Å². The van der Waals surface area contributed by atoms with Crippen LogP contribution < -0.4 is 4.74 Å². The molecule has 1 aliphatic heterocycles. The predicted octanol–water partition coefficient (Wildman–Crippen LogP) is 9.09. The SMILES string of the molecule is C=C1c2ccc(O)cc2OC(CCC[C@H](C)CCC[C@H](C)CCCC(C)C)C1c1ccc(O)cc1. The maximum absolute atomic E-state index is 9.98. The summed E-state index contributed by atoms with van der Waals surface area (Å²) >= 11 is 0. The van der Waals surface area contributed by atoms with Crippen molar-refractivity contribution in [2.45, 2.75) is 97.5 Å². The molecule has 2 N–H and O–H groups in total. The number of ether oxygens (including phenoxy) is 1. The summed E-state index contributed by atoms with van der Waals surface area (Å²) in [6, 6.07) is 12.7. The summed E-state index contributed by atoms with van der Waals surface area (Å²) in [5, 5.41) is 19.7. The topological polar surface area (TPSA) is 49.7 Å². The Hall–Kier alpha value is -2.42. The highest BCUT2D eigenvalue weighted by Crippen LogP contribution is 2.46. The van der Waals surface area contributed by atoms with E-state index in [4.69, 9.17) is 4.74 Å². The van der Waals surface area contributed by atoms with Crippen LogP contribution in [0.1, 0.15) is 103 Å². The van der Waals surface area contributed by atoms with E-state index in [0.29, 0.717) is 5.92 Å². The molecule has 192 valence electrons. The Morgan fingerprint density at radius 3 is 1.97 bits per heavy atom. The van der Waals surface area contributed by atoms with Crippen molar-refractivity contribution in [2.24, 2.45) is 17.8 Å². The maximum Gasteiger partial charge on any atom is 0.130 e. The van der Waals surface area contributed by atoms with Crippen molar-refractivity contribution in [2.75, 3.05) is 0 Å². The van der Waals surface area contributed by atoms with E-state index < -0.39 is 0 Å². The molecule has 3 nitrogen and oxygen atoms in total. The minimum absolute atomic E-state index is 0.0328. The second kappa shape index (κ2) is 13.0. The van der Waals surface area contributed by atoms with Crippen LogP contribution in [0.5, 0.6) is 17.2 Å². The second-order valence-corrected chi connectivity index (χ2v) is 11.3. The Bertz CT molecular complexity index is 930. The van der Waals surface area contributed by atoms with Crippen LogP contribution >= 0.6 is 0 Å². The molecule has 2 aromatic rings. The number of fused-ring (bicyclic) bond motifs is 1. The molecule has 2 unspecified atom stereocenters. The first kappa shape index (κ1) is 27.2. The largest absolute Gasteiger partial charge is 0.508 e. The van der Waals surface area contributed by atoms with Gasteiger partial charge in [0.05, 0.1) is 0 Å². The number of benzene rings is 2. The first-order valence-corrected chi connectivity index (χ1v) is 13.7. The molecule has 0 radical (unpaired) electrons. The monoisotopic (exact) mass is 478 g/mol. The van der Waals surface area contributed by atoms with Crippen LogP contribution in [-0.4, -0.2) is 16.3 Å². The fraction of sp³-hybridized carbons (Fsp3) is 0.562. The Balaban J connectivity index is 1.53. The van der Waals surface area contributed by atoms with E-state index >= 15 is 0 Å². The fourth-order valence-corrected chi connectivity index (χ4v) is 5.47. The summed E-state index contributed by atoms with van der Waals surface area (Å²) in [6.07, 6.45) is 11.3. The van der Waals surface area contributed by atoms with Gasteiger partial charge in [-0.25, -0.2) is 0 Å². The Morgan fingerprint density at radius 1 is 0.771 bits per heavy atom. The molecule has 2 aromatic carbocycles. The van der Waals surface area contributed by atoms with E-state index in [0.717, 1.165) is 47.1 Å². The molecule has 0 aliphatic carbocycles. The van der Waals surface area contributed by atoms with Crippen LogP contribution in [0.15, 0.2) is 49.0 Å². The summed E-state index contributed by atoms with van der Waals surface area (Å²) in [6.45, 7) is 13.9. The Kier molecular flexibility index (Phi) is 10.1. The molecular weight excluding hydrogens is 432 g/mol. The standard InChI is InChI=1S/C32H46O3/c1-22(2)9-6-10-23(3)11-7-12-24(4)13-8-14-30-32(26-15-17-27(33)18-16-26)25(5)29-20-19-28(34)21-31(29)35-30/h15-24,30,32-34H,5-14H2,1-4H3/t23-,24-,30?,32?/m1/s1. The van der Waals surface area contributed by atoms with Gasteiger partial charge in [0.2, 0.25) is 0 Å². The minimum atomic E-state index is -0.0328. The van der Waals surface area contributed by atoms with E-state index in [2.05, 4.69) is 34.3 Å². The maximum atomic E-state index is 9.98. The number of phenols is 2. The number of rotatable bonds is 13. The quantitative estimate of drug-likeness (QED) is 0.302. The molecule has 0 bridgehead atoms. The van der Waals surface area contributed by atoms with Gasteiger partial charge in [0.15, 0.2) is 0 Å². The van der Waals surface area contributed by atoms with Crippen molar-refractivity contribution >= 4 is 5.57 Å². The highest BCUT2D eigenvalue weighted by Gasteiger charge is 2.34. The van der Waals surface area contributed by atoms with Crippen LogP contribution in [0, 0.1) is 17.8 Å². The van der Waals surface area contributed by atoms with Crippen LogP contribution in [0.4, 0.5) is 0 Å². The molecule has 3 heteroatoms. The molecule has 0 saturated heterocycles. The Morgan fingerprint density at radius 2 is 1.34 bits per heavy atom. The molecule has 0 fully saturated rings. The number of hydrogen-bond donors (Lipinski definition) is 2. The molecule has 1 heterocycles. The van der Waals surface area contributed by atoms with Gasteiger partial charge in [0.25, 0.3) is 0 Å². The number of phenolic OH excluding ortho intramolecular Hbond substituents is 2. The van der Waals surface area contributed by atoms with E-state index in [9.17, 15) is 10.2 Å². The van der Waals surface area contributed by atoms with Crippen LogP contribution in [0.25, 0.3) is 5.57 Å². The molecule has 0 spiro atoms. The van der Waals surface area contributed by atoms with Crippen molar-refractivity contribution in [3.8, 4) is 17.2 Å². The lowest BCUT2D eigenvalue weighted by Gasteiger charge is -2.36. The van der Waals surface area contributed by atoms with Gasteiger partial charge >= 0.3 is 0 Å². The van der Waals surface area contributed by atoms with Crippen molar-refractivity contribution in [3.05, 3.63) is 60.2 Å². The fourth-order valence-electron chi connectivity index (χ4n) is 5.47. The molecule has 1 aliphatic rings. The zero-order chi connectivity index (χ0) is 25.4. The normalized spacial score (nSPS) is 19.3. The third kappa shape index (κ3) is 8.05. The van der Waals surface area contributed by atoms with E-state index in [-0.39, 0.29) is 23.5 Å². The molecule has 0 amide bonds. The van der Waals surface area contributed by atoms with Gasteiger partial charge in [0, 0.05) is 17.5 Å². The molecule has 35 heavy (non-hydrogen) atoms. The first-order chi connectivity index (χ1) is 16.7. The highest BCUT2D eigenvalue weighted by atomic mass is 16.5. The molecule has 0 aromatic heterocycles. The summed E-state index contributed by atoms with van der Waals surface area (Å²) in [7, 11) is 0. The number of hydrogen-bond acceptors (Lipinski definition) is 3. The molecule has 3 rings (SSSR count). The van der Waals surface area contributed by atoms with Crippen LogP contribution in [0.2, 0.25) is 0 Å². The number of aromatic hydroxyl groups is 2. The average molecular weight is 479 g/mol. The van der Waals surface area contributed by atoms with Crippen molar-refractivity contribution < 1.29 is 14.9 Å². The van der Waals surface area contributed by atoms with E-state index in [1.807, 2.05) is 18.2 Å². The predicted molar refractivity (Wildman–Crippen MR) is 147 cm³/mol. The zero-order valence-electron chi connectivity index (χ0n) is 22.3.